The molecule has 0 aromatic heterocycles. The van der Waals surface area contributed by atoms with Gasteiger partial charge in [-0.05, 0) is 55.9 Å². The Hall–Kier alpha value is -2.08. The van der Waals surface area contributed by atoms with Crippen LogP contribution in [-0.2, 0) is 16.0 Å². The molecule has 2 fully saturated rings. The summed E-state index contributed by atoms with van der Waals surface area (Å²) in [5.41, 5.74) is 2.03. The first kappa shape index (κ1) is 21.2. The van der Waals surface area contributed by atoms with Crippen molar-refractivity contribution < 1.29 is 14.3 Å². The zero-order chi connectivity index (χ0) is 20.8. The van der Waals surface area contributed by atoms with Gasteiger partial charge in [0.15, 0.2) is 0 Å². The molecule has 1 aromatic rings. The smallest absolute Gasteiger partial charge is 0.224 e. The lowest BCUT2D eigenvalue weighted by atomic mass is 9.94. The number of benzene rings is 1. The number of unbranched alkanes of at least 4 members (excludes halogenated alkanes) is 1. The topological polar surface area (TPSA) is 61.9 Å². The molecule has 1 aromatic carbocycles. The van der Waals surface area contributed by atoms with Crippen molar-refractivity contribution in [3.63, 3.8) is 0 Å². The van der Waals surface area contributed by atoms with Gasteiger partial charge in [0.05, 0.1) is 6.61 Å². The molecule has 0 atom stereocenters. The second-order valence-corrected chi connectivity index (χ2v) is 8.88. The third kappa shape index (κ3) is 5.54. The lowest BCUT2D eigenvalue weighted by molar-refractivity contribution is -0.133. The first-order chi connectivity index (χ1) is 14.7. The van der Waals surface area contributed by atoms with E-state index < -0.39 is 0 Å². The van der Waals surface area contributed by atoms with Crippen molar-refractivity contribution >= 4 is 17.5 Å². The van der Waals surface area contributed by atoms with E-state index in [0.29, 0.717) is 25.4 Å². The Morgan fingerprint density at radius 3 is 2.63 bits per heavy atom. The summed E-state index contributed by atoms with van der Waals surface area (Å²) in [7, 11) is 0. The minimum absolute atomic E-state index is 0.0798. The number of amides is 2. The maximum atomic E-state index is 12.5. The van der Waals surface area contributed by atoms with Crippen LogP contribution in [0.25, 0.3) is 0 Å². The van der Waals surface area contributed by atoms with Gasteiger partial charge >= 0.3 is 0 Å². The van der Waals surface area contributed by atoms with Gasteiger partial charge in [-0.1, -0.05) is 19.3 Å². The fourth-order valence-corrected chi connectivity index (χ4v) is 4.96. The third-order valence-corrected chi connectivity index (χ3v) is 6.78. The largest absolute Gasteiger partial charge is 0.494 e. The fourth-order valence-electron chi connectivity index (χ4n) is 4.96. The van der Waals surface area contributed by atoms with Crippen molar-refractivity contribution in [2.24, 2.45) is 0 Å². The molecule has 2 aliphatic heterocycles. The van der Waals surface area contributed by atoms with Crippen LogP contribution >= 0.6 is 0 Å². The number of rotatable bonds is 7. The summed E-state index contributed by atoms with van der Waals surface area (Å²) in [5.74, 6) is 1.22. The van der Waals surface area contributed by atoms with E-state index >= 15 is 0 Å². The lowest BCUT2D eigenvalue weighted by Gasteiger charge is -2.40. The Kier molecular flexibility index (Phi) is 7.26. The highest BCUT2D eigenvalue weighted by atomic mass is 16.5. The van der Waals surface area contributed by atoms with Crippen LogP contribution in [0.4, 0.5) is 5.69 Å². The molecule has 6 nitrogen and oxygen atoms in total. The second-order valence-electron chi connectivity index (χ2n) is 8.88. The molecule has 4 rings (SSSR count). The summed E-state index contributed by atoms with van der Waals surface area (Å²) in [5, 5.41) is 2.89. The summed E-state index contributed by atoms with van der Waals surface area (Å²) in [6, 6.07) is 6.60. The summed E-state index contributed by atoms with van der Waals surface area (Å²) in [6.07, 6.45) is 10.5. The highest BCUT2D eigenvalue weighted by molar-refractivity contribution is 5.94. The minimum Gasteiger partial charge on any atom is -0.494 e. The molecular weight excluding hydrogens is 378 g/mol. The van der Waals surface area contributed by atoms with E-state index in [4.69, 9.17) is 4.74 Å². The molecule has 164 valence electrons. The van der Waals surface area contributed by atoms with Crippen LogP contribution in [0.15, 0.2) is 18.2 Å². The van der Waals surface area contributed by atoms with E-state index in [0.717, 1.165) is 68.5 Å². The standard InChI is InChI=1S/C24H35N3O3/c28-23-12-9-19-18-21(10-11-22(19)25-23)30-17-5-4-8-24(29)27-15-13-26(14-16-27)20-6-2-1-3-7-20/h10-11,18,20H,1-9,12-17H2,(H,25,28). The maximum Gasteiger partial charge on any atom is 0.224 e. The summed E-state index contributed by atoms with van der Waals surface area (Å²) in [6.45, 7) is 4.47. The van der Waals surface area contributed by atoms with Gasteiger partial charge < -0.3 is 15.0 Å². The highest BCUT2D eigenvalue weighted by Gasteiger charge is 2.26. The molecule has 2 heterocycles. The first-order valence-electron chi connectivity index (χ1n) is 11.8. The van der Waals surface area contributed by atoms with Crippen molar-refractivity contribution in [2.45, 2.75) is 70.3 Å². The van der Waals surface area contributed by atoms with Crippen LogP contribution in [0.3, 0.4) is 0 Å². The Morgan fingerprint density at radius 2 is 1.83 bits per heavy atom. The van der Waals surface area contributed by atoms with E-state index in [1.165, 1.54) is 32.1 Å². The van der Waals surface area contributed by atoms with Crippen molar-refractivity contribution in [2.75, 3.05) is 38.1 Å². The number of nitrogens with zero attached hydrogens (tertiary/aromatic N) is 2. The SMILES string of the molecule is O=C1CCc2cc(OCCCCC(=O)N3CCN(C4CCCCC4)CC3)ccc2N1. The van der Waals surface area contributed by atoms with Gasteiger partial charge in [-0.3, -0.25) is 14.5 Å². The number of piperazine rings is 1. The molecule has 3 aliphatic rings. The van der Waals surface area contributed by atoms with Crippen molar-refractivity contribution in [3.05, 3.63) is 23.8 Å². The van der Waals surface area contributed by atoms with Gasteiger partial charge in [-0.2, -0.15) is 0 Å². The molecular formula is C24H35N3O3. The summed E-state index contributed by atoms with van der Waals surface area (Å²) < 4.78 is 5.86. The Morgan fingerprint density at radius 1 is 1.03 bits per heavy atom. The molecule has 0 spiro atoms. The molecule has 30 heavy (non-hydrogen) atoms. The van der Waals surface area contributed by atoms with Crippen LogP contribution in [0.5, 0.6) is 5.75 Å². The predicted octanol–water partition coefficient (Wildman–Crippen LogP) is 3.60. The summed E-state index contributed by atoms with van der Waals surface area (Å²) >= 11 is 0. The number of hydrogen-bond acceptors (Lipinski definition) is 4. The van der Waals surface area contributed by atoms with E-state index in [1.54, 1.807) is 0 Å². The molecule has 1 saturated heterocycles. The van der Waals surface area contributed by atoms with E-state index in [2.05, 4.69) is 15.1 Å². The van der Waals surface area contributed by atoms with Gasteiger partial charge in [0.1, 0.15) is 5.75 Å². The zero-order valence-electron chi connectivity index (χ0n) is 18.0. The average Bonchev–Trinajstić information content (AvgIpc) is 2.79. The number of carbonyl (C=O) groups is 2. The monoisotopic (exact) mass is 413 g/mol. The van der Waals surface area contributed by atoms with Gasteiger partial charge in [-0.25, -0.2) is 0 Å². The number of anilines is 1. The normalized spacial score (nSPS) is 20.5. The number of hydrogen-bond donors (Lipinski definition) is 1. The first-order valence-corrected chi connectivity index (χ1v) is 11.8. The summed E-state index contributed by atoms with van der Waals surface area (Å²) in [4.78, 5) is 28.6. The number of fused-ring (bicyclic) bond motifs is 1. The van der Waals surface area contributed by atoms with E-state index in [9.17, 15) is 9.59 Å². The maximum absolute atomic E-state index is 12.5. The molecule has 0 radical (unpaired) electrons. The Balaban J connectivity index is 1.11. The predicted molar refractivity (Wildman–Crippen MR) is 118 cm³/mol. The van der Waals surface area contributed by atoms with Crippen LogP contribution in [0.2, 0.25) is 0 Å². The van der Waals surface area contributed by atoms with Crippen molar-refractivity contribution in [3.8, 4) is 5.75 Å². The average molecular weight is 414 g/mol. The van der Waals surface area contributed by atoms with E-state index in [-0.39, 0.29) is 5.91 Å². The van der Waals surface area contributed by atoms with Crippen molar-refractivity contribution in [1.82, 2.24) is 9.80 Å². The molecule has 6 heteroatoms. The lowest BCUT2D eigenvalue weighted by Crippen LogP contribution is -2.52. The van der Waals surface area contributed by atoms with Crippen molar-refractivity contribution in [1.29, 1.82) is 0 Å². The molecule has 2 amide bonds. The second kappa shape index (κ2) is 10.3. The van der Waals surface area contributed by atoms with Crippen LogP contribution in [0, 0.1) is 0 Å². The van der Waals surface area contributed by atoms with Gasteiger partial charge in [0.25, 0.3) is 0 Å². The number of carbonyl (C=O) groups excluding carboxylic acids is 2. The van der Waals surface area contributed by atoms with Crippen LogP contribution < -0.4 is 10.1 Å². The molecule has 1 saturated carbocycles. The molecule has 0 unspecified atom stereocenters. The Bertz CT molecular complexity index is 737. The van der Waals surface area contributed by atoms with Gasteiger partial charge in [0.2, 0.25) is 11.8 Å². The third-order valence-electron chi connectivity index (χ3n) is 6.78. The fraction of sp³-hybridized carbons (Fsp3) is 0.667. The number of nitrogens with one attached hydrogen (secondary N) is 1. The molecule has 1 aliphatic carbocycles. The highest BCUT2D eigenvalue weighted by Crippen LogP contribution is 2.27. The molecule has 0 bridgehead atoms. The quantitative estimate of drug-likeness (QED) is 0.694. The van der Waals surface area contributed by atoms with Gasteiger partial charge in [0, 0.05) is 50.7 Å². The molecule has 1 N–H and O–H groups in total. The van der Waals surface area contributed by atoms with E-state index in [1.807, 2.05) is 18.2 Å². The van der Waals surface area contributed by atoms with Crippen LogP contribution in [-0.4, -0.2) is 60.4 Å². The van der Waals surface area contributed by atoms with Crippen LogP contribution in [0.1, 0.15) is 63.4 Å². The zero-order valence-corrected chi connectivity index (χ0v) is 18.0. The Labute approximate surface area is 179 Å². The van der Waals surface area contributed by atoms with Gasteiger partial charge in [-0.15, -0.1) is 0 Å². The minimum atomic E-state index is 0.0798. The number of ether oxygens (including phenoxy) is 1. The number of aryl methyl sites for hydroxylation is 1.